The predicted octanol–water partition coefficient (Wildman–Crippen LogP) is 4.77. The van der Waals surface area contributed by atoms with Crippen LogP contribution in [0.3, 0.4) is 0 Å². The zero-order valence-electron chi connectivity index (χ0n) is 15.1. The summed E-state index contributed by atoms with van der Waals surface area (Å²) in [5.41, 5.74) is 2.12. The fourth-order valence-corrected chi connectivity index (χ4v) is 3.67. The Balaban J connectivity index is 1.56. The van der Waals surface area contributed by atoms with Crippen LogP contribution in [-0.4, -0.2) is 19.1 Å². The molecule has 2 aromatic heterocycles. The largest absolute Gasteiger partial charge is 0.495 e. The standard InChI is InChI=1S/C21H20N2O3S/c1-13(22-12-14-6-5-9-27-14)21(24)23-17-11-19-16(10-20(17)25-2)15-7-3-4-8-18(15)26-19/h3-11,13,22H,12H2,1-2H3,(H,23,24)/t13-/m1/s1. The van der Waals surface area contributed by atoms with Gasteiger partial charge in [0.2, 0.25) is 5.91 Å². The first-order valence-corrected chi connectivity index (χ1v) is 9.59. The zero-order chi connectivity index (χ0) is 18.8. The molecule has 0 radical (unpaired) electrons. The number of hydrogen-bond donors (Lipinski definition) is 2. The number of carbonyl (C=O) groups excluding carboxylic acids is 1. The molecule has 0 aliphatic heterocycles. The Kier molecular flexibility index (Phi) is 4.83. The molecular weight excluding hydrogens is 360 g/mol. The average Bonchev–Trinajstić information content (AvgIpc) is 3.32. The van der Waals surface area contributed by atoms with Gasteiger partial charge >= 0.3 is 0 Å². The molecule has 0 spiro atoms. The van der Waals surface area contributed by atoms with Gasteiger partial charge in [0.15, 0.2) is 0 Å². The molecule has 0 fully saturated rings. The van der Waals surface area contributed by atoms with Crippen molar-refractivity contribution in [1.29, 1.82) is 0 Å². The summed E-state index contributed by atoms with van der Waals surface area (Å²) >= 11 is 1.66. The second-order valence-electron chi connectivity index (χ2n) is 6.32. The van der Waals surface area contributed by atoms with Crippen LogP contribution in [0.1, 0.15) is 11.8 Å². The van der Waals surface area contributed by atoms with Crippen LogP contribution >= 0.6 is 11.3 Å². The van der Waals surface area contributed by atoms with E-state index in [-0.39, 0.29) is 11.9 Å². The van der Waals surface area contributed by atoms with Crippen LogP contribution in [0.5, 0.6) is 5.75 Å². The highest BCUT2D eigenvalue weighted by Gasteiger charge is 2.17. The van der Waals surface area contributed by atoms with Crippen LogP contribution in [0.25, 0.3) is 21.9 Å². The highest BCUT2D eigenvalue weighted by molar-refractivity contribution is 7.09. The minimum Gasteiger partial charge on any atom is -0.495 e. The predicted molar refractivity (Wildman–Crippen MR) is 110 cm³/mol. The van der Waals surface area contributed by atoms with Crippen LogP contribution in [0.4, 0.5) is 5.69 Å². The van der Waals surface area contributed by atoms with Crippen molar-refractivity contribution in [3.8, 4) is 5.75 Å². The van der Waals surface area contributed by atoms with Crippen LogP contribution < -0.4 is 15.4 Å². The molecule has 138 valence electrons. The smallest absolute Gasteiger partial charge is 0.241 e. The number of carbonyl (C=O) groups is 1. The van der Waals surface area contributed by atoms with Gasteiger partial charge in [-0.2, -0.15) is 0 Å². The van der Waals surface area contributed by atoms with E-state index in [1.54, 1.807) is 18.4 Å². The van der Waals surface area contributed by atoms with Gasteiger partial charge in [0.05, 0.1) is 18.8 Å². The first kappa shape index (κ1) is 17.6. The second kappa shape index (κ2) is 7.42. The summed E-state index contributed by atoms with van der Waals surface area (Å²) in [6, 6.07) is 15.3. The maximum atomic E-state index is 12.6. The lowest BCUT2D eigenvalue weighted by molar-refractivity contribution is -0.117. The summed E-state index contributed by atoms with van der Waals surface area (Å²) < 4.78 is 11.4. The molecule has 2 N–H and O–H groups in total. The molecule has 0 bridgehead atoms. The molecule has 0 saturated heterocycles. The van der Waals surface area contributed by atoms with Gasteiger partial charge in [-0.15, -0.1) is 11.3 Å². The van der Waals surface area contributed by atoms with Gasteiger partial charge in [-0.1, -0.05) is 24.3 Å². The Morgan fingerprint density at radius 1 is 1.15 bits per heavy atom. The first-order valence-electron chi connectivity index (χ1n) is 8.71. The summed E-state index contributed by atoms with van der Waals surface area (Å²) in [4.78, 5) is 13.8. The van der Waals surface area contributed by atoms with Crippen molar-refractivity contribution in [2.75, 3.05) is 12.4 Å². The van der Waals surface area contributed by atoms with Gasteiger partial charge in [-0.3, -0.25) is 4.79 Å². The number of amides is 1. The third-order valence-electron chi connectivity index (χ3n) is 4.51. The van der Waals surface area contributed by atoms with Crippen LogP contribution in [0.2, 0.25) is 0 Å². The Morgan fingerprint density at radius 2 is 2.00 bits per heavy atom. The molecular formula is C21H20N2O3S. The SMILES string of the molecule is COc1cc2c(cc1NC(=O)[C@@H](C)NCc1cccs1)oc1ccccc12. The molecule has 0 aliphatic rings. The minimum absolute atomic E-state index is 0.125. The number of thiophene rings is 1. The Bertz CT molecular complexity index is 1090. The number of anilines is 1. The number of ether oxygens (including phenoxy) is 1. The van der Waals surface area contributed by atoms with Gasteiger partial charge in [0, 0.05) is 28.3 Å². The molecule has 6 heteroatoms. The topological polar surface area (TPSA) is 63.5 Å². The van der Waals surface area contributed by atoms with Crippen LogP contribution in [-0.2, 0) is 11.3 Å². The van der Waals surface area contributed by atoms with E-state index in [0.29, 0.717) is 23.6 Å². The molecule has 2 heterocycles. The van der Waals surface area contributed by atoms with E-state index in [2.05, 4.69) is 10.6 Å². The highest BCUT2D eigenvalue weighted by Crippen LogP contribution is 2.36. The second-order valence-corrected chi connectivity index (χ2v) is 7.35. The van der Waals surface area contributed by atoms with Crippen molar-refractivity contribution in [2.45, 2.75) is 19.5 Å². The lowest BCUT2D eigenvalue weighted by Crippen LogP contribution is -2.37. The summed E-state index contributed by atoms with van der Waals surface area (Å²) in [6.07, 6.45) is 0. The molecule has 0 saturated carbocycles. The van der Waals surface area contributed by atoms with Crippen molar-refractivity contribution in [3.05, 3.63) is 58.8 Å². The molecule has 4 aromatic rings. The van der Waals surface area contributed by atoms with Crippen molar-refractivity contribution in [2.24, 2.45) is 0 Å². The highest BCUT2D eigenvalue weighted by atomic mass is 32.1. The summed E-state index contributed by atoms with van der Waals surface area (Å²) in [7, 11) is 1.59. The third kappa shape index (κ3) is 3.54. The quantitative estimate of drug-likeness (QED) is 0.506. The molecule has 0 aliphatic carbocycles. The summed E-state index contributed by atoms with van der Waals surface area (Å²) in [5.74, 6) is 0.480. The molecule has 1 atom stereocenters. The van der Waals surface area contributed by atoms with Gasteiger partial charge in [-0.05, 0) is 30.5 Å². The molecule has 1 amide bonds. The normalized spacial score (nSPS) is 12.4. The van der Waals surface area contributed by atoms with Crippen LogP contribution in [0.15, 0.2) is 58.3 Å². The van der Waals surface area contributed by atoms with Gasteiger partial charge in [-0.25, -0.2) is 0 Å². The number of furan rings is 1. The van der Waals surface area contributed by atoms with Crippen molar-refractivity contribution < 1.29 is 13.9 Å². The fraction of sp³-hybridized carbons (Fsp3) is 0.190. The van der Waals surface area contributed by atoms with Crippen molar-refractivity contribution in [3.63, 3.8) is 0 Å². The zero-order valence-corrected chi connectivity index (χ0v) is 15.9. The third-order valence-corrected chi connectivity index (χ3v) is 5.39. The lowest BCUT2D eigenvalue weighted by atomic mass is 10.1. The fourth-order valence-electron chi connectivity index (χ4n) is 3.02. The number of fused-ring (bicyclic) bond motifs is 3. The number of rotatable bonds is 6. The van der Waals surface area contributed by atoms with E-state index in [9.17, 15) is 4.79 Å². The maximum Gasteiger partial charge on any atom is 0.241 e. The van der Waals surface area contributed by atoms with Crippen LogP contribution in [0, 0.1) is 0 Å². The molecule has 4 rings (SSSR count). The summed E-state index contributed by atoms with van der Waals surface area (Å²) in [5, 5.41) is 10.2. The molecule has 5 nitrogen and oxygen atoms in total. The number of nitrogens with one attached hydrogen (secondary N) is 2. The van der Waals surface area contributed by atoms with E-state index in [4.69, 9.17) is 9.15 Å². The van der Waals surface area contributed by atoms with E-state index < -0.39 is 0 Å². The van der Waals surface area contributed by atoms with E-state index in [0.717, 1.165) is 16.4 Å². The van der Waals surface area contributed by atoms with Crippen molar-refractivity contribution >= 4 is 44.9 Å². The monoisotopic (exact) mass is 380 g/mol. The number of para-hydroxylation sites is 1. The minimum atomic E-state index is -0.344. The van der Waals surface area contributed by atoms with Gasteiger partial charge in [0.1, 0.15) is 16.9 Å². The van der Waals surface area contributed by atoms with Gasteiger partial charge < -0.3 is 19.8 Å². The van der Waals surface area contributed by atoms with E-state index >= 15 is 0 Å². The Morgan fingerprint density at radius 3 is 2.78 bits per heavy atom. The molecule has 0 unspecified atom stereocenters. The Labute approximate surface area is 160 Å². The Hall–Kier alpha value is -2.83. The van der Waals surface area contributed by atoms with E-state index in [1.807, 2.05) is 60.8 Å². The molecule has 2 aromatic carbocycles. The number of methoxy groups -OCH3 is 1. The van der Waals surface area contributed by atoms with Crippen molar-refractivity contribution in [1.82, 2.24) is 5.32 Å². The lowest BCUT2D eigenvalue weighted by Gasteiger charge is -2.15. The van der Waals surface area contributed by atoms with Gasteiger partial charge in [0.25, 0.3) is 0 Å². The summed E-state index contributed by atoms with van der Waals surface area (Å²) in [6.45, 7) is 2.50. The van der Waals surface area contributed by atoms with E-state index in [1.165, 1.54) is 4.88 Å². The average molecular weight is 380 g/mol. The first-order chi connectivity index (χ1) is 13.2. The number of benzene rings is 2. The number of hydrogen-bond acceptors (Lipinski definition) is 5. The molecule has 27 heavy (non-hydrogen) atoms. The maximum absolute atomic E-state index is 12.6.